The number of rotatable bonds is 6. The van der Waals surface area contributed by atoms with Gasteiger partial charge in [-0.1, -0.05) is 36.4 Å². The third-order valence-electron chi connectivity index (χ3n) is 4.39. The lowest BCUT2D eigenvalue weighted by atomic mass is 10.2. The molecule has 0 spiro atoms. The zero-order chi connectivity index (χ0) is 15.6. The lowest BCUT2D eigenvalue weighted by Gasteiger charge is -2.23. The molecule has 1 heterocycles. The monoisotopic (exact) mass is 330 g/mol. The molecular formula is C20H27ClN2. The Labute approximate surface area is 145 Å². The average molecular weight is 331 g/mol. The van der Waals surface area contributed by atoms with E-state index in [1.807, 2.05) is 0 Å². The van der Waals surface area contributed by atoms with Crippen LogP contribution in [0.2, 0.25) is 0 Å². The van der Waals surface area contributed by atoms with Crippen molar-refractivity contribution in [3.05, 3.63) is 48.5 Å². The maximum absolute atomic E-state index is 2.50. The number of para-hydroxylation sites is 2. The predicted octanol–water partition coefficient (Wildman–Crippen LogP) is 1.68. The minimum absolute atomic E-state index is 0. The Morgan fingerprint density at radius 3 is 1.78 bits per heavy atom. The minimum Gasteiger partial charge on any atom is -1.00 e. The molecule has 2 nitrogen and oxygen atoms in total. The van der Waals surface area contributed by atoms with E-state index in [9.17, 15) is 0 Å². The Hall–Kier alpha value is -1.51. The molecule has 124 valence electrons. The van der Waals surface area contributed by atoms with E-state index < -0.39 is 0 Å². The van der Waals surface area contributed by atoms with E-state index in [1.54, 1.807) is 0 Å². The van der Waals surface area contributed by atoms with E-state index >= 15 is 0 Å². The normalized spacial score (nSPS) is 11.8. The van der Waals surface area contributed by atoms with Gasteiger partial charge in [-0.05, 0) is 31.4 Å². The van der Waals surface area contributed by atoms with Gasteiger partial charge in [0, 0.05) is 28.4 Å². The number of nitrogens with zero attached hydrogens (tertiary/aromatic N) is 2. The maximum atomic E-state index is 2.50. The van der Waals surface area contributed by atoms with Crippen LogP contribution in [0.25, 0.3) is 21.8 Å². The van der Waals surface area contributed by atoms with Gasteiger partial charge in [0.15, 0.2) is 0 Å². The summed E-state index contributed by atoms with van der Waals surface area (Å²) in [7, 11) is 6.81. The zero-order valence-electron chi connectivity index (χ0n) is 14.4. The van der Waals surface area contributed by atoms with Crippen LogP contribution in [0.5, 0.6) is 0 Å². The summed E-state index contributed by atoms with van der Waals surface area (Å²) in [4.78, 5) is 0. The molecule has 3 heteroatoms. The Kier molecular flexibility index (Phi) is 5.72. The van der Waals surface area contributed by atoms with Crippen LogP contribution in [0, 0.1) is 0 Å². The van der Waals surface area contributed by atoms with Crippen LogP contribution in [0.4, 0.5) is 0 Å². The molecule has 0 N–H and O–H groups in total. The molecule has 0 unspecified atom stereocenters. The van der Waals surface area contributed by atoms with Crippen molar-refractivity contribution >= 4 is 21.8 Å². The van der Waals surface area contributed by atoms with Gasteiger partial charge in [0.25, 0.3) is 0 Å². The highest BCUT2D eigenvalue weighted by Crippen LogP contribution is 2.28. The van der Waals surface area contributed by atoms with E-state index in [-0.39, 0.29) is 12.4 Å². The van der Waals surface area contributed by atoms with Gasteiger partial charge in [-0.25, -0.2) is 0 Å². The molecule has 0 atom stereocenters. The van der Waals surface area contributed by atoms with Crippen LogP contribution >= 0.6 is 0 Å². The number of unbranched alkanes of at least 4 members (excludes halogenated alkanes) is 2. The number of quaternary nitrogens is 1. The first kappa shape index (κ1) is 17.8. The highest BCUT2D eigenvalue weighted by molar-refractivity contribution is 6.07. The fourth-order valence-electron chi connectivity index (χ4n) is 3.28. The zero-order valence-corrected chi connectivity index (χ0v) is 15.2. The number of benzene rings is 2. The second-order valence-corrected chi connectivity index (χ2v) is 7.26. The van der Waals surface area contributed by atoms with Crippen molar-refractivity contribution in [1.29, 1.82) is 0 Å². The van der Waals surface area contributed by atoms with E-state index in [0.29, 0.717) is 0 Å². The molecule has 0 bridgehead atoms. The number of aromatic nitrogens is 1. The molecule has 2 aromatic carbocycles. The molecule has 0 fully saturated rings. The first-order chi connectivity index (χ1) is 10.6. The van der Waals surface area contributed by atoms with Gasteiger partial charge in [0.05, 0.1) is 27.7 Å². The molecule has 23 heavy (non-hydrogen) atoms. The second kappa shape index (κ2) is 7.37. The first-order valence-corrected chi connectivity index (χ1v) is 8.33. The summed E-state index contributed by atoms with van der Waals surface area (Å²) in [5.41, 5.74) is 2.74. The van der Waals surface area contributed by atoms with E-state index in [4.69, 9.17) is 0 Å². The van der Waals surface area contributed by atoms with Crippen molar-refractivity contribution in [1.82, 2.24) is 4.57 Å². The van der Waals surface area contributed by atoms with Crippen molar-refractivity contribution < 1.29 is 16.9 Å². The molecule has 1 aromatic heterocycles. The van der Waals surface area contributed by atoms with Crippen molar-refractivity contribution in [2.45, 2.75) is 25.8 Å². The quantitative estimate of drug-likeness (QED) is 0.479. The Bertz CT molecular complexity index is 715. The van der Waals surface area contributed by atoms with E-state index in [1.165, 1.54) is 47.6 Å². The molecular weight excluding hydrogens is 304 g/mol. The SMILES string of the molecule is C[N+](C)(C)CCCCCn1c2ccccc2c2ccccc21.[Cl-]. The Balaban J connectivity index is 0.00000192. The topological polar surface area (TPSA) is 4.93 Å². The van der Waals surface area contributed by atoms with Gasteiger partial charge < -0.3 is 21.5 Å². The van der Waals surface area contributed by atoms with Crippen molar-refractivity contribution in [2.24, 2.45) is 0 Å². The van der Waals surface area contributed by atoms with Gasteiger partial charge in [-0.2, -0.15) is 0 Å². The van der Waals surface area contributed by atoms with Crippen LogP contribution in [-0.4, -0.2) is 36.7 Å². The summed E-state index contributed by atoms with van der Waals surface area (Å²) < 4.78 is 3.56. The molecule has 0 aliphatic carbocycles. The molecule has 0 radical (unpaired) electrons. The number of hydrogen-bond acceptors (Lipinski definition) is 0. The number of halogens is 1. The predicted molar refractivity (Wildman–Crippen MR) is 96.2 cm³/mol. The average Bonchev–Trinajstić information content (AvgIpc) is 2.81. The first-order valence-electron chi connectivity index (χ1n) is 8.33. The summed E-state index contributed by atoms with van der Waals surface area (Å²) in [6, 6.07) is 17.6. The minimum atomic E-state index is 0. The summed E-state index contributed by atoms with van der Waals surface area (Å²) in [5, 5.41) is 2.76. The van der Waals surface area contributed by atoms with Crippen LogP contribution in [0.15, 0.2) is 48.5 Å². The summed E-state index contributed by atoms with van der Waals surface area (Å²) in [6.45, 7) is 2.37. The van der Waals surface area contributed by atoms with Gasteiger partial charge in [-0.15, -0.1) is 0 Å². The van der Waals surface area contributed by atoms with E-state index in [0.717, 1.165) is 11.0 Å². The molecule has 0 saturated carbocycles. The Morgan fingerprint density at radius 2 is 1.26 bits per heavy atom. The third kappa shape index (κ3) is 4.07. The molecule has 0 aliphatic heterocycles. The van der Waals surface area contributed by atoms with Gasteiger partial charge in [0.1, 0.15) is 0 Å². The lowest BCUT2D eigenvalue weighted by molar-refractivity contribution is -0.870. The summed E-state index contributed by atoms with van der Waals surface area (Å²) in [5.74, 6) is 0. The van der Waals surface area contributed by atoms with Gasteiger partial charge in [-0.3, -0.25) is 0 Å². The standard InChI is InChI=1S/C20H27N2.ClH/c1-22(2,3)16-10-4-9-15-21-19-13-7-5-11-17(19)18-12-6-8-14-20(18)21;/h5-8,11-14H,4,9-10,15-16H2,1-3H3;1H/q+1;/p-1. The fourth-order valence-corrected chi connectivity index (χ4v) is 3.28. The smallest absolute Gasteiger partial charge is 0.0780 e. The van der Waals surface area contributed by atoms with Crippen LogP contribution in [0.1, 0.15) is 19.3 Å². The summed E-state index contributed by atoms with van der Waals surface area (Å²) in [6.07, 6.45) is 3.86. The molecule has 0 saturated heterocycles. The largest absolute Gasteiger partial charge is 1.00 e. The lowest BCUT2D eigenvalue weighted by Crippen LogP contribution is -3.00. The molecule has 3 rings (SSSR count). The number of fused-ring (bicyclic) bond motifs is 3. The highest BCUT2D eigenvalue weighted by atomic mass is 35.5. The van der Waals surface area contributed by atoms with Crippen molar-refractivity contribution in [2.75, 3.05) is 27.7 Å². The molecule has 3 aromatic rings. The number of hydrogen-bond donors (Lipinski definition) is 0. The van der Waals surface area contributed by atoms with Crippen LogP contribution < -0.4 is 12.4 Å². The van der Waals surface area contributed by atoms with Gasteiger partial charge >= 0.3 is 0 Å². The van der Waals surface area contributed by atoms with Crippen molar-refractivity contribution in [3.63, 3.8) is 0 Å². The van der Waals surface area contributed by atoms with Crippen LogP contribution in [0.3, 0.4) is 0 Å². The highest BCUT2D eigenvalue weighted by Gasteiger charge is 2.09. The summed E-state index contributed by atoms with van der Waals surface area (Å²) >= 11 is 0. The van der Waals surface area contributed by atoms with E-state index in [2.05, 4.69) is 74.2 Å². The maximum Gasteiger partial charge on any atom is 0.0780 e. The molecule has 0 aliphatic rings. The fraction of sp³-hybridized carbons (Fsp3) is 0.400. The molecule has 0 amide bonds. The Morgan fingerprint density at radius 1 is 0.739 bits per heavy atom. The number of aryl methyl sites for hydroxylation is 1. The van der Waals surface area contributed by atoms with Gasteiger partial charge in [0.2, 0.25) is 0 Å². The van der Waals surface area contributed by atoms with Crippen LogP contribution in [-0.2, 0) is 6.54 Å². The third-order valence-corrected chi connectivity index (χ3v) is 4.39. The second-order valence-electron chi connectivity index (χ2n) is 7.26. The van der Waals surface area contributed by atoms with Crippen molar-refractivity contribution in [3.8, 4) is 0 Å².